The van der Waals surface area contributed by atoms with Crippen molar-refractivity contribution in [2.24, 2.45) is 0 Å². The monoisotopic (exact) mass is 132 g/mol. The van der Waals surface area contributed by atoms with Gasteiger partial charge in [0.1, 0.15) is 6.10 Å². The van der Waals surface area contributed by atoms with E-state index in [9.17, 15) is 4.79 Å². The summed E-state index contributed by atoms with van der Waals surface area (Å²) in [5, 5.41) is 17.3. The minimum atomic E-state index is -0.817. The summed E-state index contributed by atoms with van der Waals surface area (Å²) in [6.07, 6.45) is -1.51. The van der Waals surface area contributed by atoms with Gasteiger partial charge in [0.15, 0.2) is 6.10 Å². The van der Waals surface area contributed by atoms with Crippen molar-refractivity contribution in [2.45, 2.75) is 18.6 Å². The third-order valence-electron chi connectivity index (χ3n) is 1.27. The van der Waals surface area contributed by atoms with Crippen LogP contribution in [0.25, 0.3) is 0 Å². The summed E-state index contributed by atoms with van der Waals surface area (Å²) in [6, 6.07) is 0. The van der Waals surface area contributed by atoms with Crippen LogP contribution in [0.3, 0.4) is 0 Å². The molecule has 0 aliphatic carbocycles. The molecule has 0 saturated carbocycles. The van der Waals surface area contributed by atoms with Gasteiger partial charge in [-0.05, 0) is 0 Å². The van der Waals surface area contributed by atoms with E-state index in [-0.39, 0.29) is 13.0 Å². The second-order valence-corrected chi connectivity index (χ2v) is 1.98. The van der Waals surface area contributed by atoms with Gasteiger partial charge in [0.25, 0.3) is 0 Å². The quantitative estimate of drug-likeness (QED) is 0.433. The highest BCUT2D eigenvalue weighted by Crippen LogP contribution is 2.13. The Labute approximate surface area is 52.1 Å². The van der Waals surface area contributed by atoms with Crippen LogP contribution in [0.1, 0.15) is 6.42 Å². The molecule has 4 heteroatoms. The molecule has 9 heavy (non-hydrogen) atoms. The molecule has 1 aliphatic heterocycles. The second kappa shape index (κ2) is 2.33. The number of aliphatic hydroxyl groups is 2. The molecular formula is C5H8O4. The molecule has 4 nitrogen and oxygen atoms in total. The molecule has 0 aromatic carbocycles. The van der Waals surface area contributed by atoms with E-state index in [4.69, 9.17) is 10.2 Å². The standard InChI is InChI=1S/C5H8O4/c6-2-4-3(7)1-5(8)9-4/h3-4,6-7H,1-2H2/t3-,4-/m1/s1. The molecule has 1 aliphatic rings. The van der Waals surface area contributed by atoms with Crippen LogP contribution in [0.4, 0.5) is 0 Å². The van der Waals surface area contributed by atoms with Gasteiger partial charge >= 0.3 is 5.97 Å². The van der Waals surface area contributed by atoms with Crippen molar-refractivity contribution >= 4 is 5.97 Å². The first kappa shape index (κ1) is 6.51. The highest BCUT2D eigenvalue weighted by atomic mass is 16.6. The SMILES string of the molecule is O=C1C[C@@H](O)[C@@H](CO)O1. The lowest BCUT2D eigenvalue weighted by Crippen LogP contribution is -2.24. The Morgan fingerprint density at radius 3 is 2.67 bits per heavy atom. The van der Waals surface area contributed by atoms with E-state index in [1.807, 2.05) is 0 Å². The van der Waals surface area contributed by atoms with Crippen molar-refractivity contribution in [3.63, 3.8) is 0 Å². The number of rotatable bonds is 1. The molecule has 0 aromatic rings. The van der Waals surface area contributed by atoms with Crippen LogP contribution in [0.5, 0.6) is 0 Å². The molecule has 1 saturated heterocycles. The summed E-state index contributed by atoms with van der Waals surface area (Å²) in [6.45, 7) is -0.299. The van der Waals surface area contributed by atoms with E-state index in [2.05, 4.69) is 4.74 Å². The summed E-state index contributed by atoms with van der Waals surface area (Å²) in [4.78, 5) is 10.3. The van der Waals surface area contributed by atoms with Gasteiger partial charge < -0.3 is 14.9 Å². The number of ether oxygens (including phenoxy) is 1. The van der Waals surface area contributed by atoms with E-state index in [0.717, 1.165) is 0 Å². The molecule has 2 atom stereocenters. The van der Waals surface area contributed by atoms with Gasteiger partial charge in [0.05, 0.1) is 13.0 Å². The summed E-state index contributed by atoms with van der Waals surface area (Å²) >= 11 is 0. The van der Waals surface area contributed by atoms with E-state index in [1.165, 1.54) is 0 Å². The van der Waals surface area contributed by atoms with Crippen molar-refractivity contribution in [1.29, 1.82) is 0 Å². The van der Waals surface area contributed by atoms with Crippen molar-refractivity contribution in [3.05, 3.63) is 0 Å². The van der Waals surface area contributed by atoms with Crippen LogP contribution < -0.4 is 0 Å². The predicted octanol–water partition coefficient (Wildman–Crippen LogP) is -1.34. The van der Waals surface area contributed by atoms with E-state index < -0.39 is 18.2 Å². The van der Waals surface area contributed by atoms with Crippen molar-refractivity contribution in [1.82, 2.24) is 0 Å². The Morgan fingerprint density at radius 1 is 1.78 bits per heavy atom. The maximum absolute atomic E-state index is 10.3. The molecule has 1 rings (SSSR count). The number of carbonyl (C=O) groups excluding carboxylic acids is 1. The third-order valence-corrected chi connectivity index (χ3v) is 1.27. The van der Waals surface area contributed by atoms with E-state index in [1.54, 1.807) is 0 Å². The van der Waals surface area contributed by atoms with Gasteiger partial charge in [0.2, 0.25) is 0 Å². The Morgan fingerprint density at radius 2 is 2.44 bits per heavy atom. The van der Waals surface area contributed by atoms with Gasteiger partial charge in [-0.3, -0.25) is 4.79 Å². The topological polar surface area (TPSA) is 66.8 Å². The van der Waals surface area contributed by atoms with Gasteiger partial charge in [-0.2, -0.15) is 0 Å². The van der Waals surface area contributed by atoms with Crippen molar-refractivity contribution in [3.8, 4) is 0 Å². The Balaban J connectivity index is 2.47. The fourth-order valence-electron chi connectivity index (χ4n) is 0.757. The van der Waals surface area contributed by atoms with Crippen LogP contribution in [0.15, 0.2) is 0 Å². The first-order valence-corrected chi connectivity index (χ1v) is 2.72. The predicted molar refractivity (Wildman–Crippen MR) is 27.6 cm³/mol. The summed E-state index contributed by atoms with van der Waals surface area (Å²) in [5.74, 6) is -0.443. The van der Waals surface area contributed by atoms with Crippen LogP contribution in [-0.4, -0.2) is 35.0 Å². The van der Waals surface area contributed by atoms with Gasteiger partial charge in [0, 0.05) is 0 Å². The number of esters is 1. The molecule has 0 amide bonds. The molecule has 0 radical (unpaired) electrons. The second-order valence-electron chi connectivity index (χ2n) is 1.98. The Bertz CT molecular complexity index is 122. The molecule has 0 bridgehead atoms. The fraction of sp³-hybridized carbons (Fsp3) is 0.800. The molecule has 0 aromatic heterocycles. The normalized spacial score (nSPS) is 34.7. The number of hydrogen-bond acceptors (Lipinski definition) is 4. The molecule has 0 unspecified atom stereocenters. The first-order valence-electron chi connectivity index (χ1n) is 2.72. The van der Waals surface area contributed by atoms with Crippen molar-refractivity contribution in [2.75, 3.05) is 6.61 Å². The van der Waals surface area contributed by atoms with Crippen LogP contribution in [0, 0.1) is 0 Å². The highest BCUT2D eigenvalue weighted by molar-refractivity contribution is 5.72. The zero-order valence-electron chi connectivity index (χ0n) is 4.78. The maximum atomic E-state index is 10.3. The van der Waals surface area contributed by atoms with Crippen LogP contribution in [-0.2, 0) is 9.53 Å². The summed E-state index contributed by atoms with van der Waals surface area (Å²) < 4.78 is 4.48. The zero-order chi connectivity index (χ0) is 6.85. The molecule has 2 N–H and O–H groups in total. The highest BCUT2D eigenvalue weighted by Gasteiger charge is 2.32. The summed E-state index contributed by atoms with van der Waals surface area (Å²) in [5.41, 5.74) is 0. The van der Waals surface area contributed by atoms with Crippen LogP contribution >= 0.6 is 0 Å². The minimum Gasteiger partial charge on any atom is -0.457 e. The van der Waals surface area contributed by atoms with Crippen LogP contribution in [0.2, 0.25) is 0 Å². The smallest absolute Gasteiger partial charge is 0.309 e. The number of hydrogen-bond donors (Lipinski definition) is 2. The van der Waals surface area contributed by atoms with E-state index in [0.29, 0.717) is 0 Å². The number of cyclic esters (lactones) is 1. The molecule has 1 fully saturated rings. The summed E-state index contributed by atoms with van der Waals surface area (Å²) in [7, 11) is 0. The Kier molecular flexibility index (Phi) is 1.68. The largest absolute Gasteiger partial charge is 0.457 e. The molecule has 1 heterocycles. The Hall–Kier alpha value is -0.610. The van der Waals surface area contributed by atoms with Gasteiger partial charge in [-0.25, -0.2) is 0 Å². The van der Waals surface area contributed by atoms with Crippen molar-refractivity contribution < 1.29 is 19.7 Å². The molecule has 52 valence electrons. The maximum Gasteiger partial charge on any atom is 0.309 e. The lowest BCUT2D eigenvalue weighted by molar-refractivity contribution is -0.143. The average molecular weight is 132 g/mol. The molecular weight excluding hydrogens is 124 g/mol. The third kappa shape index (κ3) is 1.20. The van der Waals surface area contributed by atoms with Gasteiger partial charge in [-0.1, -0.05) is 0 Å². The average Bonchev–Trinajstić information content (AvgIpc) is 2.10. The zero-order valence-corrected chi connectivity index (χ0v) is 4.78. The first-order chi connectivity index (χ1) is 4.24. The number of aliphatic hydroxyl groups excluding tert-OH is 2. The van der Waals surface area contributed by atoms with Gasteiger partial charge in [-0.15, -0.1) is 0 Å². The number of carbonyl (C=O) groups is 1. The lowest BCUT2D eigenvalue weighted by atomic mass is 10.2. The molecule has 0 spiro atoms. The minimum absolute atomic E-state index is 0.00519. The van der Waals surface area contributed by atoms with E-state index >= 15 is 0 Å². The fourth-order valence-corrected chi connectivity index (χ4v) is 0.757. The lowest BCUT2D eigenvalue weighted by Gasteiger charge is -2.07.